The molecule has 5 nitrogen and oxygen atoms in total. The van der Waals surface area contributed by atoms with Gasteiger partial charge in [0, 0.05) is 47.9 Å². The summed E-state index contributed by atoms with van der Waals surface area (Å²) in [4.78, 5) is 11.6. The molecule has 3 aliphatic rings. The van der Waals surface area contributed by atoms with E-state index in [1.165, 1.54) is 17.7 Å². The monoisotopic (exact) mass is 343 g/mol. The van der Waals surface area contributed by atoms with Gasteiger partial charge in [0.05, 0.1) is 5.69 Å². The summed E-state index contributed by atoms with van der Waals surface area (Å²) in [5.41, 5.74) is 3.60. The van der Waals surface area contributed by atoms with Crippen LogP contribution in [0.3, 0.4) is 0 Å². The van der Waals surface area contributed by atoms with E-state index in [1.54, 1.807) is 0 Å². The van der Waals surface area contributed by atoms with Gasteiger partial charge in [-0.25, -0.2) is 9.97 Å². The molecular weight excluding hydrogens is 326 g/mol. The van der Waals surface area contributed by atoms with E-state index in [9.17, 15) is 0 Å². The van der Waals surface area contributed by atoms with Gasteiger partial charge in [0.1, 0.15) is 5.82 Å². The quantitative estimate of drug-likeness (QED) is 0.836. The molecule has 2 atom stereocenters. The summed E-state index contributed by atoms with van der Waals surface area (Å²) < 4.78 is 10.9. The number of ether oxygens (including phenoxy) is 2. The molecule has 0 amide bonds. The van der Waals surface area contributed by atoms with Crippen molar-refractivity contribution in [1.29, 1.82) is 0 Å². The van der Waals surface area contributed by atoms with Gasteiger partial charge in [0.2, 0.25) is 6.79 Å². The van der Waals surface area contributed by atoms with Crippen molar-refractivity contribution in [2.75, 3.05) is 6.79 Å². The topological polar surface area (TPSA) is 47.5 Å². The van der Waals surface area contributed by atoms with Gasteiger partial charge < -0.3 is 9.47 Å². The third-order valence-electron chi connectivity index (χ3n) is 5.35. The largest absolute Gasteiger partial charge is 0.454 e. The fourth-order valence-corrected chi connectivity index (χ4v) is 4.41. The van der Waals surface area contributed by atoms with E-state index in [0.29, 0.717) is 12.1 Å². The lowest BCUT2D eigenvalue weighted by Crippen LogP contribution is -2.37. The molecule has 3 aliphatic heterocycles. The maximum Gasteiger partial charge on any atom is 0.231 e. The number of benzene rings is 1. The number of aryl methyl sites for hydroxylation is 1. The Labute approximate surface area is 145 Å². The Morgan fingerprint density at radius 1 is 1.25 bits per heavy atom. The van der Waals surface area contributed by atoms with Crippen molar-refractivity contribution in [3.8, 4) is 11.5 Å². The van der Waals surface area contributed by atoms with E-state index >= 15 is 0 Å². The van der Waals surface area contributed by atoms with Crippen LogP contribution in [0, 0.1) is 6.92 Å². The standard InChI is InChI=1S/C18H18ClN3O2/c1-10-20-7-13-15(21-10)5-12-2-3-16(13)22(12)8-11-4-17-18(6-14(11)19)24-9-23-17/h4,6-7,12,16H,2-3,5,8-9H2,1H3/t12-,16+/m0/s1. The Morgan fingerprint density at radius 2 is 2.08 bits per heavy atom. The van der Waals surface area contributed by atoms with Crippen molar-refractivity contribution in [3.63, 3.8) is 0 Å². The number of halogens is 1. The van der Waals surface area contributed by atoms with Crippen LogP contribution in [-0.4, -0.2) is 27.7 Å². The number of rotatable bonds is 2. The van der Waals surface area contributed by atoms with Gasteiger partial charge >= 0.3 is 0 Å². The number of aromatic nitrogens is 2. The van der Waals surface area contributed by atoms with Crippen LogP contribution in [0.25, 0.3) is 0 Å². The molecule has 0 spiro atoms. The first-order chi connectivity index (χ1) is 11.7. The molecule has 0 N–H and O–H groups in total. The molecule has 1 saturated heterocycles. The lowest BCUT2D eigenvalue weighted by atomic mass is 9.98. The molecule has 124 valence electrons. The van der Waals surface area contributed by atoms with Crippen LogP contribution in [0.2, 0.25) is 5.02 Å². The smallest absolute Gasteiger partial charge is 0.231 e. The Hall–Kier alpha value is -1.85. The van der Waals surface area contributed by atoms with Gasteiger partial charge in [-0.3, -0.25) is 4.90 Å². The van der Waals surface area contributed by atoms with E-state index < -0.39 is 0 Å². The molecular formula is C18H18ClN3O2. The third-order valence-corrected chi connectivity index (χ3v) is 5.70. The van der Waals surface area contributed by atoms with Crippen LogP contribution in [0.5, 0.6) is 11.5 Å². The molecule has 2 bridgehead atoms. The first-order valence-electron chi connectivity index (χ1n) is 8.35. The summed E-state index contributed by atoms with van der Waals surface area (Å²) in [7, 11) is 0. The predicted molar refractivity (Wildman–Crippen MR) is 89.4 cm³/mol. The Morgan fingerprint density at radius 3 is 2.96 bits per heavy atom. The average molecular weight is 344 g/mol. The minimum Gasteiger partial charge on any atom is -0.454 e. The summed E-state index contributed by atoms with van der Waals surface area (Å²) in [6.45, 7) is 3.05. The molecule has 4 heterocycles. The van der Waals surface area contributed by atoms with E-state index in [2.05, 4.69) is 14.9 Å². The molecule has 0 unspecified atom stereocenters. The highest BCUT2D eigenvalue weighted by atomic mass is 35.5. The number of nitrogens with zero attached hydrogens (tertiary/aromatic N) is 3. The molecule has 6 heteroatoms. The van der Waals surface area contributed by atoms with Crippen molar-refractivity contribution < 1.29 is 9.47 Å². The van der Waals surface area contributed by atoms with E-state index in [1.807, 2.05) is 25.3 Å². The predicted octanol–water partition coefficient (Wildman–Crippen LogP) is 3.43. The zero-order chi connectivity index (χ0) is 16.3. The highest BCUT2D eigenvalue weighted by Gasteiger charge is 2.41. The summed E-state index contributed by atoms with van der Waals surface area (Å²) >= 11 is 6.48. The van der Waals surface area contributed by atoms with Gasteiger partial charge in [-0.05, 0) is 31.4 Å². The van der Waals surface area contributed by atoms with Crippen LogP contribution < -0.4 is 9.47 Å². The highest BCUT2D eigenvalue weighted by molar-refractivity contribution is 6.31. The fraction of sp³-hybridized carbons (Fsp3) is 0.444. The maximum absolute atomic E-state index is 6.48. The molecule has 24 heavy (non-hydrogen) atoms. The lowest BCUT2D eigenvalue weighted by molar-refractivity contribution is 0.165. The van der Waals surface area contributed by atoms with Crippen LogP contribution >= 0.6 is 11.6 Å². The number of hydrogen-bond acceptors (Lipinski definition) is 5. The second-order valence-corrected chi connectivity index (χ2v) is 7.15. The van der Waals surface area contributed by atoms with Gasteiger partial charge in [-0.1, -0.05) is 11.6 Å². The second kappa shape index (κ2) is 5.33. The zero-order valence-corrected chi connectivity index (χ0v) is 14.2. The summed E-state index contributed by atoms with van der Waals surface area (Å²) in [6, 6.07) is 4.80. The fourth-order valence-electron chi connectivity index (χ4n) is 4.20. The highest BCUT2D eigenvalue weighted by Crippen LogP contribution is 2.45. The minimum absolute atomic E-state index is 0.272. The molecule has 0 saturated carbocycles. The first kappa shape index (κ1) is 14.5. The maximum atomic E-state index is 6.48. The average Bonchev–Trinajstić information content (AvgIpc) is 3.11. The first-order valence-corrected chi connectivity index (χ1v) is 8.73. The molecule has 0 aliphatic carbocycles. The van der Waals surface area contributed by atoms with Crippen molar-refractivity contribution in [3.05, 3.63) is 46.0 Å². The van der Waals surface area contributed by atoms with Crippen LogP contribution in [0.1, 0.15) is 41.5 Å². The summed E-state index contributed by atoms with van der Waals surface area (Å²) in [5, 5.41) is 0.740. The van der Waals surface area contributed by atoms with Crippen LogP contribution in [0.4, 0.5) is 0 Å². The van der Waals surface area contributed by atoms with Gasteiger partial charge in [-0.15, -0.1) is 0 Å². The van der Waals surface area contributed by atoms with E-state index in [-0.39, 0.29) is 6.79 Å². The van der Waals surface area contributed by atoms with E-state index in [0.717, 1.165) is 47.3 Å². The SMILES string of the molecule is Cc1ncc2c(n1)C[C@@H]1CC[C@H]2N1Cc1cc2c(cc1Cl)OCO2. The van der Waals surface area contributed by atoms with Gasteiger partial charge in [-0.2, -0.15) is 0 Å². The molecule has 2 aromatic rings. The molecule has 1 aromatic carbocycles. The Bertz CT molecular complexity index is 826. The Kier molecular flexibility index (Phi) is 3.22. The minimum atomic E-state index is 0.272. The van der Waals surface area contributed by atoms with Gasteiger partial charge in [0.15, 0.2) is 11.5 Å². The van der Waals surface area contributed by atoms with Crippen molar-refractivity contribution in [2.45, 2.75) is 44.8 Å². The molecule has 5 rings (SSSR count). The second-order valence-electron chi connectivity index (χ2n) is 6.74. The van der Waals surface area contributed by atoms with Crippen molar-refractivity contribution in [2.24, 2.45) is 0 Å². The van der Waals surface area contributed by atoms with Crippen LogP contribution in [-0.2, 0) is 13.0 Å². The number of fused-ring (bicyclic) bond motifs is 5. The zero-order valence-electron chi connectivity index (χ0n) is 13.5. The summed E-state index contributed by atoms with van der Waals surface area (Å²) in [6.07, 6.45) is 5.37. The normalized spacial score (nSPS) is 24.2. The van der Waals surface area contributed by atoms with Crippen molar-refractivity contribution >= 4 is 11.6 Å². The van der Waals surface area contributed by atoms with Gasteiger partial charge in [0.25, 0.3) is 0 Å². The Balaban J connectivity index is 1.47. The summed E-state index contributed by atoms with van der Waals surface area (Å²) in [5.74, 6) is 2.39. The molecule has 0 radical (unpaired) electrons. The third kappa shape index (κ3) is 2.19. The molecule has 1 aromatic heterocycles. The van der Waals surface area contributed by atoms with E-state index in [4.69, 9.17) is 21.1 Å². The number of hydrogen-bond donors (Lipinski definition) is 0. The lowest BCUT2D eigenvalue weighted by Gasteiger charge is -2.35. The van der Waals surface area contributed by atoms with Crippen LogP contribution in [0.15, 0.2) is 18.3 Å². The molecule has 1 fully saturated rings. The van der Waals surface area contributed by atoms with Crippen molar-refractivity contribution in [1.82, 2.24) is 14.9 Å².